The van der Waals surface area contributed by atoms with Crippen molar-refractivity contribution in [1.29, 1.82) is 0 Å². The minimum Gasteiger partial charge on any atom is -0.491 e. The molecule has 19 heavy (non-hydrogen) atoms. The predicted molar refractivity (Wildman–Crippen MR) is 66.7 cm³/mol. The summed E-state index contributed by atoms with van der Waals surface area (Å²) < 4.78 is 5.22. The van der Waals surface area contributed by atoms with E-state index in [9.17, 15) is 9.59 Å². The minimum absolute atomic E-state index is 0.0288. The second-order valence-corrected chi connectivity index (χ2v) is 3.99. The highest BCUT2D eigenvalue weighted by Gasteiger charge is 2.24. The fraction of sp³-hybridized carbons (Fsp3) is 0.231. The van der Waals surface area contributed by atoms with Gasteiger partial charge in [0.1, 0.15) is 18.5 Å². The number of benzene rings is 1. The Labute approximate surface area is 109 Å². The highest BCUT2D eigenvalue weighted by Crippen LogP contribution is 2.22. The van der Waals surface area contributed by atoms with E-state index in [1.165, 1.54) is 12.2 Å². The summed E-state index contributed by atoms with van der Waals surface area (Å²) in [6.07, 6.45) is 1.49. The van der Waals surface area contributed by atoms with Gasteiger partial charge in [-0.15, -0.1) is 0 Å². The molecule has 2 rings (SSSR count). The molecular formula is C13H13NO5. The van der Waals surface area contributed by atoms with Crippen molar-refractivity contribution in [3.63, 3.8) is 0 Å². The molecule has 0 spiro atoms. The lowest BCUT2D eigenvalue weighted by Gasteiger charge is -2.15. The van der Waals surface area contributed by atoms with Crippen LogP contribution in [0.3, 0.4) is 0 Å². The first kappa shape index (κ1) is 13.3. The van der Waals surface area contributed by atoms with Crippen LogP contribution in [0.5, 0.6) is 5.75 Å². The van der Waals surface area contributed by atoms with E-state index in [1.807, 2.05) is 0 Å². The van der Waals surface area contributed by atoms with Crippen LogP contribution >= 0.6 is 0 Å². The average molecular weight is 263 g/mol. The summed E-state index contributed by atoms with van der Waals surface area (Å²) >= 11 is 0. The number of anilines is 1. The van der Waals surface area contributed by atoms with Crippen molar-refractivity contribution in [3.8, 4) is 5.75 Å². The van der Waals surface area contributed by atoms with E-state index < -0.39 is 6.10 Å². The Hall–Kier alpha value is -2.18. The van der Waals surface area contributed by atoms with Crippen LogP contribution in [0.1, 0.15) is 0 Å². The van der Waals surface area contributed by atoms with Crippen LogP contribution < -0.4 is 9.64 Å². The molecule has 0 radical (unpaired) electrons. The van der Waals surface area contributed by atoms with Gasteiger partial charge in [0.15, 0.2) is 0 Å². The van der Waals surface area contributed by atoms with Crippen LogP contribution in [-0.4, -0.2) is 41.3 Å². The second kappa shape index (κ2) is 5.64. The standard InChI is InChI=1S/C13H13NO5/c15-7-10(16)8-19-11-3-1-9(2-4-11)14-12(17)5-6-13(14)18/h1-6,10,15-16H,7-8H2. The van der Waals surface area contributed by atoms with Crippen molar-refractivity contribution in [1.82, 2.24) is 0 Å². The van der Waals surface area contributed by atoms with Gasteiger partial charge in [0.2, 0.25) is 0 Å². The molecule has 2 amide bonds. The number of carbonyl (C=O) groups excluding carboxylic acids is 2. The molecular weight excluding hydrogens is 250 g/mol. The number of amides is 2. The van der Waals surface area contributed by atoms with Gasteiger partial charge in [0.05, 0.1) is 12.3 Å². The largest absolute Gasteiger partial charge is 0.491 e. The Kier molecular flexibility index (Phi) is 3.94. The smallest absolute Gasteiger partial charge is 0.258 e. The molecule has 100 valence electrons. The number of hydrogen-bond donors (Lipinski definition) is 2. The number of carbonyl (C=O) groups is 2. The molecule has 1 aromatic rings. The van der Waals surface area contributed by atoms with E-state index in [2.05, 4.69) is 0 Å². The van der Waals surface area contributed by atoms with Crippen LogP contribution in [0.4, 0.5) is 5.69 Å². The zero-order valence-electron chi connectivity index (χ0n) is 10.0. The zero-order chi connectivity index (χ0) is 13.8. The monoisotopic (exact) mass is 263 g/mol. The fourth-order valence-electron chi connectivity index (χ4n) is 1.59. The summed E-state index contributed by atoms with van der Waals surface area (Å²) in [5.41, 5.74) is 0.454. The van der Waals surface area contributed by atoms with Crippen LogP contribution in [0, 0.1) is 0 Å². The molecule has 1 unspecified atom stereocenters. The van der Waals surface area contributed by atoms with Gasteiger partial charge in [0, 0.05) is 12.2 Å². The molecule has 1 aromatic carbocycles. The highest BCUT2D eigenvalue weighted by molar-refractivity contribution is 6.28. The first-order chi connectivity index (χ1) is 9.11. The Morgan fingerprint density at radius 1 is 1.11 bits per heavy atom. The molecule has 0 aromatic heterocycles. The number of aliphatic hydroxyl groups excluding tert-OH is 2. The van der Waals surface area contributed by atoms with E-state index in [-0.39, 0.29) is 25.0 Å². The Balaban J connectivity index is 2.03. The second-order valence-electron chi connectivity index (χ2n) is 3.99. The summed E-state index contributed by atoms with van der Waals surface area (Å²) in [5, 5.41) is 17.8. The van der Waals surface area contributed by atoms with Crippen molar-refractivity contribution in [3.05, 3.63) is 36.4 Å². The van der Waals surface area contributed by atoms with Gasteiger partial charge in [-0.1, -0.05) is 0 Å². The van der Waals surface area contributed by atoms with E-state index in [4.69, 9.17) is 14.9 Å². The molecule has 6 nitrogen and oxygen atoms in total. The molecule has 1 atom stereocenters. The number of nitrogens with zero attached hydrogens (tertiary/aromatic N) is 1. The lowest BCUT2D eigenvalue weighted by atomic mass is 10.2. The molecule has 0 fully saturated rings. The summed E-state index contributed by atoms with van der Waals surface area (Å²) in [7, 11) is 0. The fourth-order valence-corrected chi connectivity index (χ4v) is 1.59. The summed E-state index contributed by atoms with van der Waals surface area (Å²) in [6.45, 7) is -0.403. The highest BCUT2D eigenvalue weighted by atomic mass is 16.5. The number of aliphatic hydroxyl groups is 2. The maximum atomic E-state index is 11.5. The van der Waals surface area contributed by atoms with Crippen LogP contribution in [0.15, 0.2) is 36.4 Å². The van der Waals surface area contributed by atoms with Gasteiger partial charge in [0.25, 0.3) is 11.8 Å². The predicted octanol–water partition coefficient (Wildman–Crippen LogP) is -0.152. The lowest BCUT2D eigenvalue weighted by molar-refractivity contribution is -0.119. The zero-order valence-corrected chi connectivity index (χ0v) is 10.0. The van der Waals surface area contributed by atoms with Crippen LogP contribution in [0.25, 0.3) is 0 Å². The van der Waals surface area contributed by atoms with Crippen molar-refractivity contribution < 1.29 is 24.5 Å². The van der Waals surface area contributed by atoms with Gasteiger partial charge < -0.3 is 14.9 Å². The normalized spacial score (nSPS) is 16.0. The topological polar surface area (TPSA) is 87.1 Å². The van der Waals surface area contributed by atoms with E-state index in [0.717, 1.165) is 4.90 Å². The quantitative estimate of drug-likeness (QED) is 0.721. The number of imide groups is 1. The Bertz CT molecular complexity index is 490. The first-order valence-electron chi connectivity index (χ1n) is 5.69. The van der Waals surface area contributed by atoms with Gasteiger partial charge in [-0.25, -0.2) is 4.90 Å². The molecule has 2 N–H and O–H groups in total. The average Bonchev–Trinajstić information content (AvgIpc) is 2.76. The van der Waals surface area contributed by atoms with E-state index in [1.54, 1.807) is 24.3 Å². The third kappa shape index (κ3) is 2.98. The first-order valence-corrected chi connectivity index (χ1v) is 5.69. The van der Waals surface area contributed by atoms with Crippen LogP contribution in [-0.2, 0) is 9.59 Å². The summed E-state index contributed by atoms with van der Waals surface area (Å²) in [5.74, 6) is -0.285. The van der Waals surface area contributed by atoms with Crippen molar-refractivity contribution in [2.45, 2.75) is 6.10 Å². The third-order valence-corrected chi connectivity index (χ3v) is 2.56. The molecule has 0 aliphatic carbocycles. The maximum absolute atomic E-state index is 11.5. The molecule has 0 bridgehead atoms. The molecule has 1 heterocycles. The third-order valence-electron chi connectivity index (χ3n) is 2.56. The van der Waals surface area contributed by atoms with Gasteiger partial charge in [-0.05, 0) is 24.3 Å². The van der Waals surface area contributed by atoms with E-state index >= 15 is 0 Å². The Morgan fingerprint density at radius 2 is 1.68 bits per heavy atom. The van der Waals surface area contributed by atoms with Gasteiger partial charge >= 0.3 is 0 Å². The van der Waals surface area contributed by atoms with Gasteiger partial charge in [-0.3, -0.25) is 9.59 Å². The molecule has 0 saturated carbocycles. The lowest BCUT2D eigenvalue weighted by Crippen LogP contribution is -2.29. The maximum Gasteiger partial charge on any atom is 0.258 e. The molecule has 0 saturated heterocycles. The van der Waals surface area contributed by atoms with Gasteiger partial charge in [-0.2, -0.15) is 0 Å². The Morgan fingerprint density at radius 3 is 2.21 bits per heavy atom. The molecule has 6 heteroatoms. The van der Waals surface area contributed by atoms with Crippen molar-refractivity contribution >= 4 is 17.5 Å². The van der Waals surface area contributed by atoms with Crippen LogP contribution in [0.2, 0.25) is 0 Å². The van der Waals surface area contributed by atoms with E-state index in [0.29, 0.717) is 11.4 Å². The number of rotatable bonds is 5. The van der Waals surface area contributed by atoms with Crippen molar-refractivity contribution in [2.24, 2.45) is 0 Å². The SMILES string of the molecule is O=C1C=CC(=O)N1c1ccc(OCC(O)CO)cc1. The molecule has 1 aliphatic rings. The summed E-state index contributed by atoms with van der Waals surface area (Å²) in [6, 6.07) is 6.31. The number of hydrogen-bond acceptors (Lipinski definition) is 5. The molecule has 1 aliphatic heterocycles. The van der Waals surface area contributed by atoms with Crippen molar-refractivity contribution in [2.75, 3.05) is 18.1 Å². The minimum atomic E-state index is -0.939. The summed E-state index contributed by atoms with van der Waals surface area (Å²) in [4.78, 5) is 23.9. The number of ether oxygens (including phenoxy) is 1.